The van der Waals surface area contributed by atoms with Crippen LogP contribution in [0, 0.1) is 12.8 Å². The highest BCUT2D eigenvalue weighted by atomic mass is 127. The molecular formula is C20H33IN6OS. The number of rotatable bonds is 8. The zero-order valence-electron chi connectivity index (χ0n) is 17.6. The van der Waals surface area contributed by atoms with Gasteiger partial charge < -0.3 is 15.2 Å². The second-order valence-electron chi connectivity index (χ2n) is 7.33. The van der Waals surface area contributed by atoms with E-state index in [2.05, 4.69) is 57.2 Å². The number of aryl methyl sites for hydroxylation is 2. The predicted octanol–water partition coefficient (Wildman–Crippen LogP) is 3.63. The third kappa shape index (κ3) is 7.21. The Balaban J connectivity index is 0.00000300. The van der Waals surface area contributed by atoms with Crippen molar-refractivity contribution < 1.29 is 4.52 Å². The molecule has 0 aromatic carbocycles. The number of halogens is 1. The molecule has 7 nitrogen and oxygen atoms in total. The van der Waals surface area contributed by atoms with Crippen LogP contribution in [0.2, 0.25) is 0 Å². The van der Waals surface area contributed by atoms with Crippen LogP contribution in [0.25, 0.3) is 0 Å². The summed E-state index contributed by atoms with van der Waals surface area (Å²) in [5.74, 6) is 2.83. The van der Waals surface area contributed by atoms with Gasteiger partial charge in [-0.05, 0) is 64.1 Å². The molecule has 3 rings (SSSR count). The fourth-order valence-electron chi connectivity index (χ4n) is 3.80. The van der Waals surface area contributed by atoms with E-state index in [1.165, 1.54) is 17.7 Å². The Morgan fingerprint density at radius 2 is 2.28 bits per heavy atom. The van der Waals surface area contributed by atoms with Gasteiger partial charge in [0.1, 0.15) is 0 Å². The molecule has 3 heterocycles. The van der Waals surface area contributed by atoms with Gasteiger partial charge in [-0.15, -0.1) is 35.3 Å². The van der Waals surface area contributed by atoms with Crippen LogP contribution in [0.1, 0.15) is 48.8 Å². The summed E-state index contributed by atoms with van der Waals surface area (Å²) in [6.07, 6.45) is 4.18. The molecule has 2 unspecified atom stereocenters. The highest BCUT2D eigenvalue weighted by Crippen LogP contribution is 2.37. The van der Waals surface area contributed by atoms with Crippen LogP contribution in [0.3, 0.4) is 0 Å². The average Bonchev–Trinajstić information content (AvgIpc) is 3.35. The Morgan fingerprint density at radius 3 is 2.97 bits per heavy atom. The molecule has 2 aromatic rings. The van der Waals surface area contributed by atoms with Crippen molar-refractivity contribution in [2.75, 3.05) is 33.2 Å². The molecule has 2 N–H and O–H groups in total. The van der Waals surface area contributed by atoms with E-state index in [0.29, 0.717) is 23.7 Å². The molecule has 0 amide bonds. The topological polar surface area (TPSA) is 78.6 Å². The van der Waals surface area contributed by atoms with E-state index in [4.69, 9.17) is 9.52 Å². The fourth-order valence-corrected chi connectivity index (χ4v) is 4.78. The third-order valence-electron chi connectivity index (χ3n) is 5.10. The van der Waals surface area contributed by atoms with Gasteiger partial charge in [0, 0.05) is 37.0 Å². The monoisotopic (exact) mass is 532 g/mol. The number of thiophene rings is 1. The lowest BCUT2D eigenvalue weighted by molar-refractivity contribution is 0.128. The van der Waals surface area contributed by atoms with E-state index in [1.807, 2.05) is 18.3 Å². The van der Waals surface area contributed by atoms with Crippen LogP contribution in [0.4, 0.5) is 0 Å². The maximum atomic E-state index is 5.16. The minimum Gasteiger partial charge on any atom is -0.357 e. The Morgan fingerprint density at radius 1 is 1.41 bits per heavy atom. The largest absolute Gasteiger partial charge is 0.357 e. The predicted molar refractivity (Wildman–Crippen MR) is 129 cm³/mol. The van der Waals surface area contributed by atoms with Crippen molar-refractivity contribution in [3.8, 4) is 0 Å². The molecule has 1 aliphatic rings. The van der Waals surface area contributed by atoms with Crippen LogP contribution in [0.15, 0.2) is 27.0 Å². The molecule has 0 aliphatic carbocycles. The lowest BCUT2D eigenvalue weighted by atomic mass is 9.88. The van der Waals surface area contributed by atoms with Crippen molar-refractivity contribution in [3.63, 3.8) is 0 Å². The summed E-state index contributed by atoms with van der Waals surface area (Å²) in [5.41, 5.74) is 0. The van der Waals surface area contributed by atoms with Crippen molar-refractivity contribution in [3.05, 3.63) is 34.1 Å². The first kappa shape index (κ1) is 24.1. The molecule has 9 heteroatoms. The summed E-state index contributed by atoms with van der Waals surface area (Å²) >= 11 is 1.86. The minimum absolute atomic E-state index is 0. The Labute approximate surface area is 194 Å². The van der Waals surface area contributed by atoms with Crippen molar-refractivity contribution in [2.45, 2.75) is 45.6 Å². The first-order valence-corrected chi connectivity index (χ1v) is 11.1. The highest BCUT2D eigenvalue weighted by molar-refractivity contribution is 14.0. The van der Waals surface area contributed by atoms with Gasteiger partial charge in [-0.2, -0.15) is 4.98 Å². The molecule has 0 saturated carbocycles. The third-order valence-corrected chi connectivity index (χ3v) is 6.04. The van der Waals surface area contributed by atoms with Gasteiger partial charge in [0.25, 0.3) is 0 Å². The number of nitrogens with zero attached hydrogens (tertiary/aromatic N) is 4. The number of nitrogens with one attached hydrogen (secondary N) is 2. The second kappa shape index (κ2) is 12.5. The number of piperidine rings is 1. The van der Waals surface area contributed by atoms with E-state index in [9.17, 15) is 0 Å². The van der Waals surface area contributed by atoms with Crippen LogP contribution < -0.4 is 10.6 Å². The molecular weight excluding hydrogens is 499 g/mol. The SMILES string of the molecule is CCNC(=NCC1CCCN(C)C1c1cccs1)NCCCc1nc(C)no1.I. The lowest BCUT2D eigenvalue weighted by Crippen LogP contribution is -2.40. The summed E-state index contributed by atoms with van der Waals surface area (Å²) in [6, 6.07) is 4.89. The zero-order valence-corrected chi connectivity index (χ0v) is 20.7. The highest BCUT2D eigenvalue weighted by Gasteiger charge is 2.31. The lowest BCUT2D eigenvalue weighted by Gasteiger charge is -2.38. The maximum Gasteiger partial charge on any atom is 0.226 e. The van der Waals surface area contributed by atoms with Crippen molar-refractivity contribution in [1.29, 1.82) is 0 Å². The standard InChI is InChI=1S/C20H32N6OS.HI/c1-4-21-20(22-11-5-10-18-24-15(2)25-27-18)23-14-16-8-6-12-26(3)19(16)17-9-7-13-28-17;/h7,9,13,16,19H,4-6,8,10-12,14H2,1-3H3,(H2,21,22,23);1H. The van der Waals surface area contributed by atoms with E-state index in [-0.39, 0.29) is 24.0 Å². The molecule has 1 aliphatic heterocycles. The number of guanidine groups is 1. The molecule has 29 heavy (non-hydrogen) atoms. The smallest absolute Gasteiger partial charge is 0.226 e. The summed E-state index contributed by atoms with van der Waals surface area (Å²) in [4.78, 5) is 13.1. The van der Waals surface area contributed by atoms with Crippen molar-refractivity contribution >= 4 is 41.3 Å². The number of hydrogen-bond acceptors (Lipinski definition) is 6. The van der Waals surface area contributed by atoms with E-state index in [0.717, 1.165) is 45.0 Å². The van der Waals surface area contributed by atoms with Gasteiger partial charge in [-0.1, -0.05) is 11.2 Å². The Hall–Kier alpha value is -1.20. The normalized spacial score (nSPS) is 20.3. The molecule has 162 valence electrons. The van der Waals surface area contributed by atoms with Gasteiger partial charge in [0.2, 0.25) is 5.89 Å². The number of hydrogen-bond donors (Lipinski definition) is 2. The van der Waals surface area contributed by atoms with Gasteiger partial charge in [0.05, 0.1) is 0 Å². The number of likely N-dealkylation sites (tertiary alicyclic amines) is 1. The van der Waals surface area contributed by atoms with Gasteiger partial charge in [-0.3, -0.25) is 9.89 Å². The van der Waals surface area contributed by atoms with Crippen LogP contribution in [-0.2, 0) is 6.42 Å². The number of aliphatic imine (C=N–C) groups is 1. The van der Waals surface area contributed by atoms with Gasteiger partial charge in [0.15, 0.2) is 11.8 Å². The second-order valence-corrected chi connectivity index (χ2v) is 8.31. The van der Waals surface area contributed by atoms with Crippen molar-refractivity contribution in [2.24, 2.45) is 10.9 Å². The molecule has 0 bridgehead atoms. The summed E-state index contributed by atoms with van der Waals surface area (Å²) in [6.45, 7) is 7.62. The van der Waals surface area contributed by atoms with Crippen LogP contribution in [0.5, 0.6) is 0 Å². The molecule has 0 spiro atoms. The van der Waals surface area contributed by atoms with Gasteiger partial charge in [-0.25, -0.2) is 0 Å². The Bertz CT molecular complexity index is 735. The quantitative estimate of drug-likeness (QED) is 0.234. The Kier molecular flexibility index (Phi) is 10.4. The van der Waals surface area contributed by atoms with Gasteiger partial charge >= 0.3 is 0 Å². The molecule has 2 aromatic heterocycles. The average molecular weight is 532 g/mol. The summed E-state index contributed by atoms with van der Waals surface area (Å²) in [5, 5.41) is 12.8. The fraction of sp³-hybridized carbons (Fsp3) is 0.650. The molecule has 1 saturated heterocycles. The number of aromatic nitrogens is 2. The molecule has 1 fully saturated rings. The minimum atomic E-state index is 0. The zero-order chi connectivity index (χ0) is 19.8. The maximum absolute atomic E-state index is 5.16. The first-order valence-electron chi connectivity index (χ1n) is 10.2. The summed E-state index contributed by atoms with van der Waals surface area (Å²) in [7, 11) is 2.24. The first-order chi connectivity index (χ1) is 13.7. The van der Waals surface area contributed by atoms with Crippen molar-refractivity contribution in [1.82, 2.24) is 25.7 Å². The van der Waals surface area contributed by atoms with Crippen LogP contribution >= 0.6 is 35.3 Å². The van der Waals surface area contributed by atoms with E-state index >= 15 is 0 Å². The molecule has 2 atom stereocenters. The van der Waals surface area contributed by atoms with E-state index in [1.54, 1.807) is 0 Å². The van der Waals surface area contributed by atoms with Crippen LogP contribution in [-0.4, -0.2) is 54.2 Å². The van der Waals surface area contributed by atoms with E-state index < -0.39 is 0 Å². The summed E-state index contributed by atoms with van der Waals surface area (Å²) < 4.78 is 5.16. The molecule has 0 radical (unpaired) electrons.